The minimum atomic E-state index is 0.369. The van der Waals surface area contributed by atoms with Crippen LogP contribution in [0.1, 0.15) is 33.1 Å². The van der Waals surface area contributed by atoms with Gasteiger partial charge in [-0.2, -0.15) is 0 Å². The van der Waals surface area contributed by atoms with E-state index in [2.05, 4.69) is 36.0 Å². The molecule has 3 nitrogen and oxygen atoms in total. The SMILES string of the molecule is CC1CN(CC2(C)CCCCN2)CCN1C. The maximum atomic E-state index is 3.71. The van der Waals surface area contributed by atoms with Gasteiger partial charge in [-0.15, -0.1) is 0 Å². The highest BCUT2D eigenvalue weighted by Gasteiger charge is 2.30. The van der Waals surface area contributed by atoms with Crippen molar-refractivity contribution in [1.82, 2.24) is 15.1 Å². The number of hydrogen-bond acceptors (Lipinski definition) is 3. The van der Waals surface area contributed by atoms with E-state index in [9.17, 15) is 0 Å². The van der Waals surface area contributed by atoms with Crippen molar-refractivity contribution >= 4 is 0 Å². The van der Waals surface area contributed by atoms with E-state index in [0.717, 1.165) is 0 Å². The fraction of sp³-hybridized carbons (Fsp3) is 1.00. The molecule has 0 saturated carbocycles. The Labute approximate surface area is 100 Å². The van der Waals surface area contributed by atoms with Crippen molar-refractivity contribution < 1.29 is 0 Å². The minimum Gasteiger partial charge on any atom is -0.310 e. The third-order valence-corrected chi connectivity index (χ3v) is 4.32. The van der Waals surface area contributed by atoms with Crippen LogP contribution in [0.2, 0.25) is 0 Å². The molecule has 2 aliphatic heterocycles. The van der Waals surface area contributed by atoms with Crippen molar-refractivity contribution in [2.75, 3.05) is 39.8 Å². The van der Waals surface area contributed by atoms with Gasteiger partial charge in [0.1, 0.15) is 0 Å². The Morgan fingerprint density at radius 3 is 2.75 bits per heavy atom. The lowest BCUT2D eigenvalue weighted by molar-refractivity contribution is 0.0746. The Balaban J connectivity index is 1.84. The monoisotopic (exact) mass is 225 g/mol. The van der Waals surface area contributed by atoms with Crippen LogP contribution in [0, 0.1) is 0 Å². The molecule has 94 valence electrons. The van der Waals surface area contributed by atoms with Gasteiger partial charge in [0.25, 0.3) is 0 Å². The van der Waals surface area contributed by atoms with Gasteiger partial charge in [0.05, 0.1) is 0 Å². The van der Waals surface area contributed by atoms with Gasteiger partial charge in [-0.3, -0.25) is 4.90 Å². The second-order valence-electron chi connectivity index (χ2n) is 6.01. The molecule has 2 aliphatic rings. The van der Waals surface area contributed by atoms with E-state index in [0.29, 0.717) is 11.6 Å². The van der Waals surface area contributed by atoms with Gasteiger partial charge < -0.3 is 10.2 Å². The molecule has 0 aromatic heterocycles. The van der Waals surface area contributed by atoms with Crippen molar-refractivity contribution in [3.05, 3.63) is 0 Å². The molecule has 2 heterocycles. The lowest BCUT2D eigenvalue weighted by Gasteiger charge is -2.44. The van der Waals surface area contributed by atoms with E-state index in [1.807, 2.05) is 0 Å². The Kier molecular flexibility index (Phi) is 3.88. The predicted molar refractivity (Wildman–Crippen MR) is 68.8 cm³/mol. The van der Waals surface area contributed by atoms with Crippen molar-refractivity contribution in [2.45, 2.75) is 44.7 Å². The fourth-order valence-electron chi connectivity index (χ4n) is 3.01. The maximum Gasteiger partial charge on any atom is 0.0280 e. The molecule has 1 N–H and O–H groups in total. The van der Waals surface area contributed by atoms with E-state index in [1.165, 1.54) is 52.0 Å². The number of piperazine rings is 1. The molecule has 0 radical (unpaired) electrons. The number of hydrogen-bond donors (Lipinski definition) is 1. The summed E-state index contributed by atoms with van der Waals surface area (Å²) in [5.41, 5.74) is 0.369. The van der Waals surface area contributed by atoms with E-state index in [1.54, 1.807) is 0 Å². The zero-order valence-electron chi connectivity index (χ0n) is 11.1. The van der Waals surface area contributed by atoms with Crippen LogP contribution in [0.3, 0.4) is 0 Å². The van der Waals surface area contributed by atoms with E-state index in [-0.39, 0.29) is 0 Å². The number of nitrogens with one attached hydrogen (secondary N) is 1. The van der Waals surface area contributed by atoms with Crippen molar-refractivity contribution in [2.24, 2.45) is 0 Å². The molecule has 2 atom stereocenters. The molecule has 2 fully saturated rings. The van der Waals surface area contributed by atoms with Crippen LogP contribution in [0.5, 0.6) is 0 Å². The Bertz CT molecular complexity index is 223. The first kappa shape index (κ1) is 12.3. The molecular formula is C13H27N3. The van der Waals surface area contributed by atoms with Crippen molar-refractivity contribution in [3.63, 3.8) is 0 Å². The second-order valence-corrected chi connectivity index (χ2v) is 6.01. The molecule has 3 heteroatoms. The quantitative estimate of drug-likeness (QED) is 0.761. The predicted octanol–water partition coefficient (Wildman–Crippen LogP) is 1.15. The third kappa shape index (κ3) is 2.96. The summed E-state index contributed by atoms with van der Waals surface area (Å²) in [5, 5.41) is 3.71. The molecule has 2 rings (SSSR count). The van der Waals surface area contributed by atoms with Crippen LogP contribution in [-0.4, -0.2) is 61.2 Å². The van der Waals surface area contributed by atoms with Crippen molar-refractivity contribution in [3.8, 4) is 0 Å². The van der Waals surface area contributed by atoms with Gasteiger partial charge in [-0.25, -0.2) is 0 Å². The van der Waals surface area contributed by atoms with Crippen LogP contribution in [0.15, 0.2) is 0 Å². The normalized spacial score (nSPS) is 38.8. The highest BCUT2D eigenvalue weighted by atomic mass is 15.3. The standard InChI is InChI=1S/C13H27N3/c1-12-10-16(9-8-15(12)3)11-13(2)6-4-5-7-14-13/h12,14H,4-11H2,1-3H3. The molecule has 0 aromatic carbocycles. The Morgan fingerprint density at radius 2 is 2.12 bits per heavy atom. The topological polar surface area (TPSA) is 18.5 Å². The summed E-state index contributed by atoms with van der Waals surface area (Å²) >= 11 is 0. The lowest BCUT2D eigenvalue weighted by Crippen LogP contribution is -2.58. The molecule has 0 aliphatic carbocycles. The average molecular weight is 225 g/mol. The van der Waals surface area contributed by atoms with Crippen molar-refractivity contribution in [1.29, 1.82) is 0 Å². The number of likely N-dealkylation sites (N-methyl/N-ethyl adjacent to an activating group) is 1. The fourth-order valence-corrected chi connectivity index (χ4v) is 3.01. The summed E-state index contributed by atoms with van der Waals surface area (Å²) < 4.78 is 0. The van der Waals surface area contributed by atoms with Crippen LogP contribution in [0.4, 0.5) is 0 Å². The van der Waals surface area contributed by atoms with Gasteiger partial charge >= 0.3 is 0 Å². The first-order chi connectivity index (χ1) is 7.59. The summed E-state index contributed by atoms with van der Waals surface area (Å²) in [5.74, 6) is 0. The summed E-state index contributed by atoms with van der Waals surface area (Å²) in [4.78, 5) is 5.11. The molecule has 0 aromatic rings. The van der Waals surface area contributed by atoms with Gasteiger partial charge in [0, 0.05) is 37.8 Å². The second kappa shape index (κ2) is 5.03. The first-order valence-corrected chi connectivity index (χ1v) is 6.77. The van der Waals surface area contributed by atoms with Crippen LogP contribution < -0.4 is 5.32 Å². The number of piperidine rings is 1. The zero-order chi connectivity index (χ0) is 11.6. The van der Waals surface area contributed by atoms with E-state index < -0.39 is 0 Å². The zero-order valence-corrected chi connectivity index (χ0v) is 11.1. The van der Waals surface area contributed by atoms with Gasteiger partial charge in [-0.05, 0) is 40.3 Å². The highest BCUT2D eigenvalue weighted by molar-refractivity contribution is 4.91. The molecular weight excluding hydrogens is 198 g/mol. The number of nitrogens with zero attached hydrogens (tertiary/aromatic N) is 2. The molecule has 2 unspecified atom stereocenters. The summed E-state index contributed by atoms with van der Waals surface area (Å²) in [7, 11) is 2.24. The lowest BCUT2D eigenvalue weighted by atomic mass is 9.90. The Morgan fingerprint density at radius 1 is 1.31 bits per heavy atom. The van der Waals surface area contributed by atoms with Crippen LogP contribution in [-0.2, 0) is 0 Å². The molecule has 0 bridgehead atoms. The highest BCUT2D eigenvalue weighted by Crippen LogP contribution is 2.21. The summed E-state index contributed by atoms with van der Waals surface area (Å²) in [6, 6.07) is 0.709. The number of rotatable bonds is 2. The van der Waals surface area contributed by atoms with Gasteiger partial charge in [0.2, 0.25) is 0 Å². The van der Waals surface area contributed by atoms with Crippen LogP contribution in [0.25, 0.3) is 0 Å². The van der Waals surface area contributed by atoms with Crippen LogP contribution >= 0.6 is 0 Å². The summed E-state index contributed by atoms with van der Waals surface area (Å²) in [6.07, 6.45) is 4.09. The van der Waals surface area contributed by atoms with E-state index >= 15 is 0 Å². The average Bonchev–Trinajstić information content (AvgIpc) is 2.24. The van der Waals surface area contributed by atoms with E-state index in [4.69, 9.17) is 0 Å². The van der Waals surface area contributed by atoms with Gasteiger partial charge in [-0.1, -0.05) is 6.42 Å². The Hall–Kier alpha value is -0.120. The minimum absolute atomic E-state index is 0.369. The molecule has 0 amide bonds. The smallest absolute Gasteiger partial charge is 0.0280 e. The molecule has 0 spiro atoms. The van der Waals surface area contributed by atoms with Gasteiger partial charge in [0.15, 0.2) is 0 Å². The summed E-state index contributed by atoms with van der Waals surface area (Å²) in [6.45, 7) is 10.9. The first-order valence-electron chi connectivity index (χ1n) is 6.77. The molecule has 16 heavy (non-hydrogen) atoms. The molecule has 2 saturated heterocycles. The maximum absolute atomic E-state index is 3.71. The third-order valence-electron chi connectivity index (χ3n) is 4.32. The largest absolute Gasteiger partial charge is 0.310 e.